The van der Waals surface area contributed by atoms with Crippen LogP contribution in [-0.4, -0.2) is 25.6 Å². The smallest absolute Gasteiger partial charge is 0.414 e. The number of benzene rings is 1. The third-order valence-electron chi connectivity index (χ3n) is 2.07. The van der Waals surface area contributed by atoms with Gasteiger partial charge in [-0.15, -0.1) is 0 Å². The second-order valence-corrected chi connectivity index (χ2v) is 3.23. The fourth-order valence-corrected chi connectivity index (χ4v) is 1.28. The number of carbonyl (C=O) groups excluding carboxylic acids is 1. The van der Waals surface area contributed by atoms with E-state index in [4.69, 9.17) is 11.1 Å². The van der Waals surface area contributed by atoms with Crippen molar-refractivity contribution in [2.75, 3.05) is 18.6 Å². The quantitative estimate of drug-likeness (QED) is 0.598. The number of ether oxygens (including phenoxy) is 1. The Morgan fingerprint density at radius 1 is 1.44 bits per heavy atom. The highest BCUT2D eigenvalue weighted by Crippen LogP contribution is 2.14. The number of hydrogen-bond acceptors (Lipinski definition) is 3. The third-order valence-corrected chi connectivity index (χ3v) is 2.07. The van der Waals surface area contributed by atoms with Crippen molar-refractivity contribution < 1.29 is 9.53 Å². The van der Waals surface area contributed by atoms with Crippen LogP contribution in [0.25, 0.3) is 0 Å². The Morgan fingerprint density at radius 3 is 2.56 bits per heavy atom. The number of nitrogens with zero attached hydrogens (tertiary/aromatic N) is 1. The van der Waals surface area contributed by atoms with E-state index in [9.17, 15) is 4.79 Å². The Morgan fingerprint density at radius 2 is 2.06 bits per heavy atom. The van der Waals surface area contributed by atoms with Gasteiger partial charge >= 0.3 is 6.09 Å². The number of nitrogens with two attached hydrogens (primary N) is 1. The Balaban J connectivity index is 2.79. The molecule has 1 aromatic rings. The molecule has 16 heavy (non-hydrogen) atoms. The predicted molar refractivity (Wildman–Crippen MR) is 62.7 cm³/mol. The van der Waals surface area contributed by atoms with E-state index in [-0.39, 0.29) is 5.84 Å². The molecule has 0 heterocycles. The molecule has 0 radical (unpaired) electrons. The van der Waals surface area contributed by atoms with Crippen LogP contribution >= 0.6 is 0 Å². The van der Waals surface area contributed by atoms with Crippen molar-refractivity contribution in [1.82, 2.24) is 0 Å². The molecule has 0 fully saturated rings. The van der Waals surface area contributed by atoms with Crippen molar-refractivity contribution in [3.05, 3.63) is 30.3 Å². The molecule has 0 aliphatic carbocycles. The van der Waals surface area contributed by atoms with E-state index in [1.807, 2.05) is 18.2 Å². The molecule has 5 heteroatoms. The van der Waals surface area contributed by atoms with Crippen LogP contribution in [-0.2, 0) is 4.74 Å². The molecular formula is C11H15N3O2. The second kappa shape index (κ2) is 5.75. The van der Waals surface area contributed by atoms with Crippen LogP contribution in [0.2, 0.25) is 0 Å². The van der Waals surface area contributed by atoms with E-state index < -0.39 is 6.09 Å². The number of nitrogens with one attached hydrogen (secondary N) is 1. The summed E-state index contributed by atoms with van der Waals surface area (Å²) in [6, 6.07) is 9.14. The van der Waals surface area contributed by atoms with Gasteiger partial charge in [0.05, 0.1) is 12.9 Å². The first-order valence-electron chi connectivity index (χ1n) is 4.88. The van der Waals surface area contributed by atoms with Crippen molar-refractivity contribution in [2.24, 2.45) is 5.73 Å². The zero-order valence-corrected chi connectivity index (χ0v) is 9.14. The average Bonchev–Trinajstić information content (AvgIpc) is 2.30. The molecule has 0 unspecified atom stereocenters. The summed E-state index contributed by atoms with van der Waals surface area (Å²) in [4.78, 5) is 13.0. The van der Waals surface area contributed by atoms with E-state index >= 15 is 0 Å². The van der Waals surface area contributed by atoms with E-state index in [2.05, 4.69) is 4.74 Å². The van der Waals surface area contributed by atoms with Crippen molar-refractivity contribution in [1.29, 1.82) is 5.41 Å². The van der Waals surface area contributed by atoms with Gasteiger partial charge in [-0.25, -0.2) is 4.79 Å². The molecule has 0 aliphatic rings. The zero-order chi connectivity index (χ0) is 12.0. The number of para-hydroxylation sites is 1. The molecule has 0 aromatic heterocycles. The summed E-state index contributed by atoms with van der Waals surface area (Å²) in [7, 11) is 1.33. The number of amidine groups is 1. The molecule has 1 amide bonds. The lowest BCUT2D eigenvalue weighted by molar-refractivity contribution is 0.179. The minimum Gasteiger partial charge on any atom is -0.452 e. The SMILES string of the molecule is COC(=O)N(CCC(=N)N)c1ccccc1. The van der Waals surface area contributed by atoms with Gasteiger partial charge in [0, 0.05) is 18.7 Å². The largest absolute Gasteiger partial charge is 0.452 e. The molecule has 1 rings (SSSR count). The highest BCUT2D eigenvalue weighted by atomic mass is 16.5. The van der Waals surface area contributed by atoms with Crippen LogP contribution in [0.4, 0.5) is 10.5 Å². The summed E-state index contributed by atoms with van der Waals surface area (Å²) in [5, 5.41) is 7.15. The zero-order valence-electron chi connectivity index (χ0n) is 9.14. The van der Waals surface area contributed by atoms with Gasteiger partial charge < -0.3 is 10.5 Å². The number of amides is 1. The predicted octanol–water partition coefficient (Wildman–Crippen LogP) is 1.59. The monoisotopic (exact) mass is 221 g/mol. The standard InChI is InChI=1S/C11H15N3O2/c1-16-11(15)14(8-7-10(12)13)9-5-3-2-4-6-9/h2-6H,7-8H2,1H3,(H3,12,13). The van der Waals surface area contributed by atoms with Crippen LogP contribution in [0.1, 0.15) is 6.42 Å². The summed E-state index contributed by atoms with van der Waals surface area (Å²) < 4.78 is 4.67. The lowest BCUT2D eigenvalue weighted by Crippen LogP contribution is -2.33. The average molecular weight is 221 g/mol. The highest BCUT2D eigenvalue weighted by Gasteiger charge is 2.15. The Labute approximate surface area is 94.3 Å². The van der Waals surface area contributed by atoms with Crippen LogP contribution in [0.5, 0.6) is 0 Å². The Hall–Kier alpha value is -2.04. The summed E-state index contributed by atoms with van der Waals surface area (Å²) >= 11 is 0. The van der Waals surface area contributed by atoms with Gasteiger partial charge in [-0.3, -0.25) is 10.3 Å². The maximum atomic E-state index is 11.5. The fourth-order valence-electron chi connectivity index (χ4n) is 1.28. The number of hydrogen-bond donors (Lipinski definition) is 2. The third kappa shape index (κ3) is 3.27. The van der Waals surface area contributed by atoms with Gasteiger partial charge in [0.25, 0.3) is 0 Å². The minimum absolute atomic E-state index is 0.0461. The molecule has 3 N–H and O–H groups in total. The summed E-state index contributed by atoms with van der Waals surface area (Å²) in [5.74, 6) is 0.0461. The van der Waals surface area contributed by atoms with Gasteiger partial charge in [0.1, 0.15) is 0 Å². The minimum atomic E-state index is -0.451. The second-order valence-electron chi connectivity index (χ2n) is 3.23. The van der Waals surface area contributed by atoms with Gasteiger partial charge in [-0.05, 0) is 12.1 Å². The molecule has 0 atom stereocenters. The lowest BCUT2D eigenvalue weighted by Gasteiger charge is -2.20. The molecule has 5 nitrogen and oxygen atoms in total. The number of carbonyl (C=O) groups is 1. The first-order chi connectivity index (χ1) is 7.65. The van der Waals surface area contributed by atoms with Crippen molar-refractivity contribution in [2.45, 2.75) is 6.42 Å². The maximum absolute atomic E-state index is 11.5. The molecule has 0 aliphatic heterocycles. The number of rotatable bonds is 4. The van der Waals surface area contributed by atoms with Gasteiger partial charge in [0.2, 0.25) is 0 Å². The van der Waals surface area contributed by atoms with Crippen LogP contribution in [0, 0.1) is 5.41 Å². The molecule has 1 aromatic carbocycles. The molecule has 0 saturated carbocycles. The van der Waals surface area contributed by atoms with Crippen LogP contribution in [0.15, 0.2) is 30.3 Å². The van der Waals surface area contributed by atoms with Gasteiger partial charge in [-0.2, -0.15) is 0 Å². The Bertz CT molecular complexity index is 365. The van der Waals surface area contributed by atoms with E-state index in [1.54, 1.807) is 12.1 Å². The van der Waals surface area contributed by atoms with Crippen LogP contribution in [0.3, 0.4) is 0 Å². The molecule has 86 valence electrons. The maximum Gasteiger partial charge on any atom is 0.414 e. The van der Waals surface area contributed by atoms with Crippen molar-refractivity contribution in [3.8, 4) is 0 Å². The lowest BCUT2D eigenvalue weighted by atomic mass is 10.2. The van der Waals surface area contributed by atoms with E-state index in [0.717, 1.165) is 5.69 Å². The van der Waals surface area contributed by atoms with E-state index in [1.165, 1.54) is 12.0 Å². The molecule has 0 spiro atoms. The fraction of sp³-hybridized carbons (Fsp3) is 0.273. The summed E-state index contributed by atoms with van der Waals surface area (Å²) in [6.45, 7) is 0.339. The molecular weight excluding hydrogens is 206 g/mol. The first-order valence-corrected chi connectivity index (χ1v) is 4.88. The summed E-state index contributed by atoms with van der Waals surface area (Å²) in [6.07, 6.45) is -0.128. The first kappa shape index (κ1) is 12.0. The Kier molecular flexibility index (Phi) is 4.32. The van der Waals surface area contributed by atoms with Gasteiger partial charge in [-0.1, -0.05) is 18.2 Å². The normalized spacial score (nSPS) is 9.56. The van der Waals surface area contributed by atoms with Crippen molar-refractivity contribution >= 4 is 17.6 Å². The molecule has 0 saturated heterocycles. The van der Waals surface area contributed by atoms with Gasteiger partial charge in [0.15, 0.2) is 0 Å². The highest BCUT2D eigenvalue weighted by molar-refractivity contribution is 5.88. The molecule has 0 bridgehead atoms. The number of anilines is 1. The van der Waals surface area contributed by atoms with Crippen molar-refractivity contribution in [3.63, 3.8) is 0 Å². The van der Waals surface area contributed by atoms with E-state index in [0.29, 0.717) is 13.0 Å². The summed E-state index contributed by atoms with van der Waals surface area (Å²) in [5.41, 5.74) is 6.00. The van der Waals surface area contributed by atoms with Crippen LogP contribution < -0.4 is 10.6 Å². The number of methoxy groups -OCH3 is 1. The topological polar surface area (TPSA) is 79.4 Å².